The Hall–Kier alpha value is -3.06. The van der Waals surface area contributed by atoms with E-state index in [0.29, 0.717) is 27.6 Å². The molecule has 2 N–H and O–H groups in total. The fraction of sp³-hybridized carbons (Fsp3) is 0.111. The third kappa shape index (κ3) is 4.38. The van der Waals surface area contributed by atoms with Gasteiger partial charge in [0.15, 0.2) is 0 Å². The van der Waals surface area contributed by atoms with Gasteiger partial charge in [-0.2, -0.15) is 0 Å². The summed E-state index contributed by atoms with van der Waals surface area (Å²) < 4.78 is 0.825. The normalized spacial score (nSPS) is 17.5. The van der Waals surface area contributed by atoms with Gasteiger partial charge in [0.1, 0.15) is 5.76 Å². The minimum atomic E-state index is -0.853. The maximum absolute atomic E-state index is 13.2. The Kier molecular flexibility index (Phi) is 6.45. The molecule has 0 aliphatic carbocycles. The van der Waals surface area contributed by atoms with Gasteiger partial charge in [-0.3, -0.25) is 9.59 Å². The molecule has 8 heteroatoms. The number of ketones is 1. The van der Waals surface area contributed by atoms with Crippen LogP contribution >= 0.6 is 39.1 Å². The fourth-order valence-electron chi connectivity index (χ4n) is 4.50. The molecule has 5 rings (SSSR count). The number of benzene rings is 3. The largest absolute Gasteiger partial charge is 0.507 e. The first-order chi connectivity index (χ1) is 16.8. The highest BCUT2D eigenvalue weighted by molar-refractivity contribution is 9.10. The number of aromatic nitrogens is 1. The first-order valence-corrected chi connectivity index (χ1v) is 12.4. The molecule has 0 saturated carbocycles. The number of carbonyl (C=O) groups is 2. The zero-order valence-corrected chi connectivity index (χ0v) is 21.4. The van der Waals surface area contributed by atoms with E-state index in [1.54, 1.807) is 42.5 Å². The molecule has 0 radical (unpaired) electrons. The Bertz CT molecular complexity index is 1490. The lowest BCUT2D eigenvalue weighted by Crippen LogP contribution is -2.31. The predicted octanol–water partition coefficient (Wildman–Crippen LogP) is 6.90. The van der Waals surface area contributed by atoms with Gasteiger partial charge in [0, 0.05) is 43.7 Å². The van der Waals surface area contributed by atoms with Crippen LogP contribution in [0.2, 0.25) is 10.0 Å². The molecule has 176 valence electrons. The number of amides is 1. The number of aliphatic hydroxyl groups is 1. The summed E-state index contributed by atoms with van der Waals surface area (Å²) >= 11 is 16.0. The number of hydrogen-bond acceptors (Lipinski definition) is 3. The molecule has 1 aliphatic rings. The highest BCUT2D eigenvalue weighted by Crippen LogP contribution is 2.42. The topological polar surface area (TPSA) is 73.4 Å². The molecule has 1 fully saturated rings. The molecule has 1 aromatic heterocycles. The Morgan fingerprint density at radius 3 is 2.51 bits per heavy atom. The van der Waals surface area contributed by atoms with E-state index >= 15 is 0 Å². The quantitative estimate of drug-likeness (QED) is 0.156. The van der Waals surface area contributed by atoms with Crippen LogP contribution in [0.3, 0.4) is 0 Å². The number of carbonyl (C=O) groups excluding carboxylic acids is 2. The molecular weight excluding hydrogens is 551 g/mol. The van der Waals surface area contributed by atoms with Crippen LogP contribution in [0.4, 0.5) is 0 Å². The van der Waals surface area contributed by atoms with Crippen LogP contribution < -0.4 is 0 Å². The number of likely N-dealkylation sites (tertiary alicyclic amines) is 1. The number of fused-ring (bicyclic) bond motifs is 1. The molecule has 0 unspecified atom stereocenters. The number of aromatic amines is 1. The molecule has 1 atom stereocenters. The van der Waals surface area contributed by atoms with Crippen molar-refractivity contribution in [2.24, 2.45) is 0 Å². The summed E-state index contributed by atoms with van der Waals surface area (Å²) in [6.45, 7) is 0.257. The number of halogens is 3. The average molecular weight is 570 g/mol. The van der Waals surface area contributed by atoms with E-state index in [2.05, 4.69) is 20.9 Å². The van der Waals surface area contributed by atoms with E-state index in [1.165, 1.54) is 4.90 Å². The number of nitrogens with zero attached hydrogens (tertiary/aromatic N) is 1. The Labute approximate surface area is 220 Å². The van der Waals surface area contributed by atoms with Gasteiger partial charge in [0.2, 0.25) is 0 Å². The van der Waals surface area contributed by atoms with Crippen LogP contribution in [0.1, 0.15) is 22.7 Å². The third-order valence-electron chi connectivity index (χ3n) is 6.21. The summed E-state index contributed by atoms with van der Waals surface area (Å²) in [4.78, 5) is 31.2. The molecule has 35 heavy (non-hydrogen) atoms. The number of aliphatic hydroxyl groups excluding tert-OH is 1. The fourth-order valence-corrected chi connectivity index (χ4v) is 5.28. The van der Waals surface area contributed by atoms with Crippen molar-refractivity contribution in [2.45, 2.75) is 12.5 Å². The first kappa shape index (κ1) is 23.7. The van der Waals surface area contributed by atoms with E-state index in [0.717, 1.165) is 20.9 Å². The van der Waals surface area contributed by atoms with Crippen LogP contribution in [0.5, 0.6) is 0 Å². The lowest BCUT2D eigenvalue weighted by atomic mass is 9.95. The molecule has 2 heterocycles. The zero-order valence-electron chi connectivity index (χ0n) is 18.3. The van der Waals surface area contributed by atoms with Crippen molar-refractivity contribution in [3.63, 3.8) is 0 Å². The molecule has 1 aliphatic heterocycles. The first-order valence-electron chi connectivity index (χ1n) is 10.9. The summed E-state index contributed by atoms with van der Waals surface area (Å²) in [5, 5.41) is 13.0. The van der Waals surface area contributed by atoms with Crippen molar-refractivity contribution in [3.8, 4) is 0 Å². The molecule has 4 aromatic rings. The van der Waals surface area contributed by atoms with Gasteiger partial charge in [-0.1, -0.05) is 75.5 Å². The molecule has 5 nitrogen and oxygen atoms in total. The predicted molar refractivity (Wildman–Crippen MR) is 142 cm³/mol. The Balaban J connectivity index is 1.59. The van der Waals surface area contributed by atoms with E-state index in [9.17, 15) is 14.7 Å². The minimum absolute atomic E-state index is 0.000437. The maximum Gasteiger partial charge on any atom is 0.295 e. The number of nitrogens with one attached hydrogen (secondary N) is 1. The number of para-hydroxylation sites is 1. The smallest absolute Gasteiger partial charge is 0.295 e. The SMILES string of the molecule is O=C1C(=O)N(CCc2c[nH]c3ccccc23)[C@@H](c2ccc(Cl)cc2Cl)C1=C(O)c1ccc(Br)cc1. The number of H-pyrrole nitrogens is 1. The molecule has 3 aromatic carbocycles. The van der Waals surface area contributed by atoms with Crippen molar-refractivity contribution in [1.29, 1.82) is 0 Å². The van der Waals surface area contributed by atoms with Crippen LogP contribution in [0.25, 0.3) is 16.7 Å². The molecule has 0 spiro atoms. The highest BCUT2D eigenvalue weighted by atomic mass is 79.9. The molecule has 1 saturated heterocycles. The Morgan fingerprint density at radius 2 is 1.77 bits per heavy atom. The van der Waals surface area contributed by atoms with Crippen molar-refractivity contribution in [1.82, 2.24) is 9.88 Å². The van der Waals surface area contributed by atoms with Crippen molar-refractivity contribution in [3.05, 3.63) is 110 Å². The third-order valence-corrected chi connectivity index (χ3v) is 7.30. The zero-order chi connectivity index (χ0) is 24.7. The summed E-state index contributed by atoms with van der Waals surface area (Å²) in [5.41, 5.74) is 2.97. The summed E-state index contributed by atoms with van der Waals surface area (Å²) in [7, 11) is 0. The van der Waals surface area contributed by atoms with E-state index in [4.69, 9.17) is 23.2 Å². The average Bonchev–Trinajstić information content (AvgIpc) is 3.36. The summed E-state index contributed by atoms with van der Waals surface area (Å²) in [6, 6.07) is 18.8. The lowest BCUT2D eigenvalue weighted by molar-refractivity contribution is -0.139. The van der Waals surface area contributed by atoms with Crippen molar-refractivity contribution < 1.29 is 14.7 Å². The van der Waals surface area contributed by atoms with Gasteiger partial charge in [-0.15, -0.1) is 0 Å². The highest BCUT2D eigenvalue weighted by Gasteiger charge is 2.46. The number of Topliss-reactive ketones (excluding diaryl/α,β-unsaturated/α-hetero) is 1. The monoisotopic (exact) mass is 568 g/mol. The number of rotatable bonds is 5. The second-order valence-corrected chi connectivity index (χ2v) is 10.0. The molecular formula is C27H19BrCl2N2O3. The van der Waals surface area contributed by atoms with Gasteiger partial charge in [0.05, 0.1) is 11.6 Å². The van der Waals surface area contributed by atoms with Gasteiger partial charge in [-0.25, -0.2) is 0 Å². The molecule has 0 bridgehead atoms. The Morgan fingerprint density at radius 1 is 1.03 bits per heavy atom. The van der Waals surface area contributed by atoms with Crippen LogP contribution in [0, 0.1) is 0 Å². The van der Waals surface area contributed by atoms with E-state index in [1.807, 2.05) is 30.5 Å². The standard InChI is InChI=1S/C27H19BrCl2N2O3/c28-17-7-5-15(6-8-17)25(33)23-24(20-10-9-18(29)13-21(20)30)32(27(35)26(23)34)12-11-16-14-31-22-4-2-1-3-19(16)22/h1-10,13-14,24,31,33H,11-12H2/t24-/m0/s1. The van der Waals surface area contributed by atoms with Gasteiger partial charge < -0.3 is 15.0 Å². The maximum atomic E-state index is 13.2. The van der Waals surface area contributed by atoms with Gasteiger partial charge in [-0.05, 0) is 47.9 Å². The van der Waals surface area contributed by atoms with Crippen molar-refractivity contribution >= 4 is 67.5 Å². The summed E-state index contributed by atoms with van der Waals surface area (Å²) in [6.07, 6.45) is 2.42. The minimum Gasteiger partial charge on any atom is -0.507 e. The van der Waals surface area contributed by atoms with Crippen LogP contribution in [-0.4, -0.2) is 33.2 Å². The second kappa shape index (κ2) is 9.53. The van der Waals surface area contributed by atoms with E-state index in [-0.39, 0.29) is 17.9 Å². The van der Waals surface area contributed by atoms with Crippen LogP contribution in [0.15, 0.2) is 83.0 Å². The van der Waals surface area contributed by atoms with Gasteiger partial charge >= 0.3 is 0 Å². The van der Waals surface area contributed by atoms with Crippen molar-refractivity contribution in [2.75, 3.05) is 6.54 Å². The molecule has 1 amide bonds. The van der Waals surface area contributed by atoms with Crippen LogP contribution in [-0.2, 0) is 16.0 Å². The number of hydrogen-bond donors (Lipinski definition) is 2. The lowest BCUT2D eigenvalue weighted by Gasteiger charge is -2.26. The van der Waals surface area contributed by atoms with E-state index < -0.39 is 17.7 Å². The van der Waals surface area contributed by atoms with Gasteiger partial charge in [0.25, 0.3) is 11.7 Å². The second-order valence-electron chi connectivity index (χ2n) is 8.27. The summed E-state index contributed by atoms with van der Waals surface area (Å²) in [5.74, 6) is -1.68.